The van der Waals surface area contributed by atoms with Crippen LogP contribution in [0.25, 0.3) is 11.5 Å². The summed E-state index contributed by atoms with van der Waals surface area (Å²) in [6.07, 6.45) is 1.63. The molecule has 0 bridgehead atoms. The van der Waals surface area contributed by atoms with Gasteiger partial charge in [-0.1, -0.05) is 19.9 Å². The van der Waals surface area contributed by atoms with Crippen molar-refractivity contribution in [2.45, 2.75) is 20.8 Å². The van der Waals surface area contributed by atoms with Crippen LogP contribution in [0.4, 0.5) is 0 Å². The zero-order valence-electron chi connectivity index (χ0n) is 10.2. The smallest absolute Gasteiger partial charge is 0.226 e. The second-order valence-corrected chi connectivity index (χ2v) is 3.03. The summed E-state index contributed by atoms with van der Waals surface area (Å²) in [6.45, 7) is 5.90. The fourth-order valence-electron chi connectivity index (χ4n) is 1.24. The first kappa shape index (κ1) is 12.3. The van der Waals surface area contributed by atoms with E-state index in [4.69, 9.17) is 9.15 Å². The van der Waals surface area contributed by atoms with Gasteiger partial charge in [0.25, 0.3) is 0 Å². The highest BCUT2D eigenvalue weighted by molar-refractivity contribution is 5.55. The Bertz CT molecular complexity index is 435. The van der Waals surface area contributed by atoms with Crippen molar-refractivity contribution in [2.24, 2.45) is 0 Å². The highest BCUT2D eigenvalue weighted by Gasteiger charge is 2.04. The van der Waals surface area contributed by atoms with E-state index in [9.17, 15) is 0 Å². The van der Waals surface area contributed by atoms with Gasteiger partial charge in [-0.2, -0.15) is 0 Å². The van der Waals surface area contributed by atoms with Gasteiger partial charge in [-0.15, -0.1) is 0 Å². The third kappa shape index (κ3) is 2.86. The molecule has 0 amide bonds. The predicted molar refractivity (Wildman–Crippen MR) is 64.6 cm³/mol. The van der Waals surface area contributed by atoms with Crippen molar-refractivity contribution in [1.29, 1.82) is 0 Å². The first-order valence-electron chi connectivity index (χ1n) is 5.36. The SMILES string of the molecule is CC.COc1cccc(-c2nc(C)co2)c1. The minimum absolute atomic E-state index is 0.626. The third-order valence-corrected chi connectivity index (χ3v) is 1.94. The molecule has 0 saturated carbocycles. The van der Waals surface area contributed by atoms with Gasteiger partial charge in [0, 0.05) is 5.56 Å². The summed E-state index contributed by atoms with van der Waals surface area (Å²) in [4.78, 5) is 4.23. The van der Waals surface area contributed by atoms with Crippen molar-refractivity contribution in [3.05, 3.63) is 36.2 Å². The van der Waals surface area contributed by atoms with Gasteiger partial charge < -0.3 is 9.15 Å². The molecule has 0 aliphatic heterocycles. The Morgan fingerprint density at radius 1 is 1.25 bits per heavy atom. The van der Waals surface area contributed by atoms with Crippen LogP contribution >= 0.6 is 0 Å². The van der Waals surface area contributed by atoms with Gasteiger partial charge in [0.05, 0.1) is 12.8 Å². The fourth-order valence-corrected chi connectivity index (χ4v) is 1.24. The van der Waals surface area contributed by atoms with Crippen LogP contribution in [0.2, 0.25) is 0 Å². The van der Waals surface area contributed by atoms with Crippen molar-refractivity contribution in [1.82, 2.24) is 4.98 Å². The molecule has 0 fully saturated rings. The molecule has 0 atom stereocenters. The van der Waals surface area contributed by atoms with Gasteiger partial charge in [0.2, 0.25) is 5.89 Å². The monoisotopic (exact) mass is 219 g/mol. The van der Waals surface area contributed by atoms with Crippen LogP contribution < -0.4 is 4.74 Å². The topological polar surface area (TPSA) is 35.3 Å². The lowest BCUT2D eigenvalue weighted by molar-refractivity contribution is 0.414. The molecule has 2 aromatic rings. The van der Waals surface area contributed by atoms with Gasteiger partial charge in [-0.05, 0) is 25.1 Å². The zero-order valence-corrected chi connectivity index (χ0v) is 10.2. The normalized spacial score (nSPS) is 9.25. The van der Waals surface area contributed by atoms with Crippen molar-refractivity contribution in [2.75, 3.05) is 7.11 Å². The number of hydrogen-bond acceptors (Lipinski definition) is 3. The average molecular weight is 219 g/mol. The van der Waals surface area contributed by atoms with Crippen LogP contribution in [0.15, 0.2) is 34.9 Å². The number of oxazole rings is 1. The molecule has 0 saturated heterocycles. The maximum absolute atomic E-state index is 5.28. The molecule has 0 spiro atoms. The lowest BCUT2D eigenvalue weighted by Crippen LogP contribution is -1.83. The molecule has 1 aromatic heterocycles. The number of aryl methyl sites for hydroxylation is 1. The molecule has 0 unspecified atom stereocenters. The molecule has 0 N–H and O–H groups in total. The number of benzene rings is 1. The van der Waals surface area contributed by atoms with Crippen molar-refractivity contribution >= 4 is 0 Å². The number of nitrogens with zero attached hydrogens (tertiary/aromatic N) is 1. The van der Waals surface area contributed by atoms with Crippen molar-refractivity contribution in [3.8, 4) is 17.2 Å². The highest BCUT2D eigenvalue weighted by Crippen LogP contribution is 2.22. The third-order valence-electron chi connectivity index (χ3n) is 1.94. The number of ether oxygens (including phenoxy) is 1. The largest absolute Gasteiger partial charge is 0.497 e. The predicted octanol–water partition coefficient (Wildman–Crippen LogP) is 3.68. The number of methoxy groups -OCH3 is 1. The Kier molecular flexibility index (Phi) is 4.58. The first-order chi connectivity index (χ1) is 7.79. The van der Waals surface area contributed by atoms with Crippen molar-refractivity contribution < 1.29 is 9.15 Å². The van der Waals surface area contributed by atoms with Crippen LogP contribution in [0.5, 0.6) is 5.75 Å². The highest BCUT2D eigenvalue weighted by atomic mass is 16.5. The summed E-state index contributed by atoms with van der Waals surface area (Å²) in [5.74, 6) is 1.43. The van der Waals surface area contributed by atoms with Gasteiger partial charge in [0.15, 0.2) is 0 Å². The van der Waals surface area contributed by atoms with E-state index in [1.807, 2.05) is 45.0 Å². The minimum Gasteiger partial charge on any atom is -0.497 e. The molecule has 0 aliphatic rings. The summed E-state index contributed by atoms with van der Waals surface area (Å²) in [6, 6.07) is 7.63. The zero-order chi connectivity index (χ0) is 12.0. The second-order valence-electron chi connectivity index (χ2n) is 3.03. The molecule has 16 heavy (non-hydrogen) atoms. The van der Waals surface area contributed by atoms with Gasteiger partial charge in [-0.3, -0.25) is 0 Å². The Hall–Kier alpha value is -1.77. The lowest BCUT2D eigenvalue weighted by Gasteiger charge is -2.00. The van der Waals surface area contributed by atoms with E-state index in [2.05, 4.69) is 4.98 Å². The summed E-state index contributed by atoms with van der Waals surface area (Å²) < 4.78 is 10.4. The quantitative estimate of drug-likeness (QED) is 0.772. The number of rotatable bonds is 2. The van der Waals surface area contributed by atoms with Gasteiger partial charge >= 0.3 is 0 Å². The second kappa shape index (κ2) is 5.95. The molecule has 3 nitrogen and oxygen atoms in total. The number of aromatic nitrogens is 1. The van der Waals surface area contributed by atoms with Crippen LogP contribution in [-0.4, -0.2) is 12.1 Å². The Morgan fingerprint density at radius 3 is 2.56 bits per heavy atom. The molecular weight excluding hydrogens is 202 g/mol. The molecule has 0 radical (unpaired) electrons. The fraction of sp³-hybridized carbons (Fsp3) is 0.308. The summed E-state index contributed by atoms with van der Waals surface area (Å²) in [5, 5.41) is 0. The van der Waals surface area contributed by atoms with E-state index in [-0.39, 0.29) is 0 Å². The van der Waals surface area contributed by atoms with E-state index in [1.165, 1.54) is 0 Å². The Labute approximate surface area is 96.1 Å². The van der Waals surface area contributed by atoms with Crippen molar-refractivity contribution in [3.63, 3.8) is 0 Å². The summed E-state index contributed by atoms with van der Waals surface area (Å²) in [5.41, 5.74) is 1.81. The van der Waals surface area contributed by atoms with E-state index in [0.717, 1.165) is 17.0 Å². The van der Waals surface area contributed by atoms with E-state index < -0.39 is 0 Å². The van der Waals surface area contributed by atoms with Crippen LogP contribution in [0, 0.1) is 6.92 Å². The van der Waals surface area contributed by atoms with Crippen LogP contribution in [0.1, 0.15) is 19.5 Å². The summed E-state index contributed by atoms with van der Waals surface area (Å²) in [7, 11) is 1.64. The van der Waals surface area contributed by atoms with Gasteiger partial charge in [0.1, 0.15) is 12.0 Å². The molecule has 2 rings (SSSR count). The Morgan fingerprint density at radius 2 is 2.00 bits per heavy atom. The number of hydrogen-bond donors (Lipinski definition) is 0. The molecule has 3 heteroatoms. The van der Waals surface area contributed by atoms with Gasteiger partial charge in [-0.25, -0.2) is 4.98 Å². The maximum atomic E-state index is 5.28. The van der Waals surface area contributed by atoms with Crippen LogP contribution in [0.3, 0.4) is 0 Å². The van der Waals surface area contributed by atoms with E-state index in [0.29, 0.717) is 5.89 Å². The average Bonchev–Trinajstić information content (AvgIpc) is 2.79. The molecular formula is C13H17NO2. The Balaban J connectivity index is 0.000000606. The summed E-state index contributed by atoms with van der Waals surface area (Å²) >= 11 is 0. The molecule has 0 aliphatic carbocycles. The molecule has 1 heterocycles. The molecule has 86 valence electrons. The standard InChI is InChI=1S/C11H11NO2.C2H6/c1-8-7-14-11(12-8)9-4-3-5-10(6-9)13-2;1-2/h3-7H,1-2H3;1-2H3. The minimum atomic E-state index is 0.626. The van der Waals surface area contributed by atoms with E-state index in [1.54, 1.807) is 13.4 Å². The first-order valence-corrected chi connectivity index (χ1v) is 5.36. The molecule has 1 aromatic carbocycles. The maximum Gasteiger partial charge on any atom is 0.226 e. The van der Waals surface area contributed by atoms with Crippen LogP contribution in [-0.2, 0) is 0 Å². The van der Waals surface area contributed by atoms with E-state index >= 15 is 0 Å². The lowest BCUT2D eigenvalue weighted by atomic mass is 10.2.